The number of carbonyl (C=O) groups is 1. The molecule has 5 rings (SSSR count). The van der Waals surface area contributed by atoms with Crippen molar-refractivity contribution in [2.24, 2.45) is 0 Å². The normalized spacial score (nSPS) is 15.2. The smallest absolute Gasteiger partial charge is 0.344 e. The zero-order valence-electron chi connectivity index (χ0n) is 21.4. The third-order valence-corrected chi connectivity index (χ3v) is 9.19. The highest BCUT2D eigenvalue weighted by Crippen LogP contribution is 2.41. The Morgan fingerprint density at radius 3 is 2.00 bits per heavy atom. The monoisotopic (exact) mass is 509 g/mol. The summed E-state index contributed by atoms with van der Waals surface area (Å²) in [6, 6.07) is 37.7. The molecule has 0 aliphatic heterocycles. The standard InChI is InChI=1S/C33H33O3S/c1-33(2,31-19-11-13-25-12-9-10-18-30(25)31)36-32(34)24-35-26-20-22-29(23-21-26)37(27-14-5-3-6-15-27)28-16-7-4-8-17-28/h3-10,12,14-18,20-23,31H,11,13,19,24H2,1-2H3/q+1. The number of esters is 1. The van der Waals surface area contributed by atoms with E-state index in [-0.39, 0.29) is 29.4 Å². The van der Waals surface area contributed by atoms with E-state index in [4.69, 9.17) is 9.47 Å². The van der Waals surface area contributed by atoms with Crippen LogP contribution in [0.4, 0.5) is 0 Å². The molecule has 0 spiro atoms. The third-order valence-electron chi connectivity index (χ3n) is 6.96. The number of rotatable bonds is 8. The van der Waals surface area contributed by atoms with Gasteiger partial charge in [0.2, 0.25) is 0 Å². The summed E-state index contributed by atoms with van der Waals surface area (Å²) in [5, 5.41) is 0. The summed E-state index contributed by atoms with van der Waals surface area (Å²) < 4.78 is 11.8. The summed E-state index contributed by atoms with van der Waals surface area (Å²) in [5.74, 6) is 0.506. The van der Waals surface area contributed by atoms with E-state index in [1.165, 1.54) is 25.8 Å². The first-order valence-electron chi connectivity index (χ1n) is 12.9. The van der Waals surface area contributed by atoms with Gasteiger partial charge in [-0.1, -0.05) is 60.7 Å². The molecule has 4 heteroatoms. The van der Waals surface area contributed by atoms with E-state index in [2.05, 4.69) is 84.9 Å². The van der Waals surface area contributed by atoms with E-state index in [1.807, 2.05) is 38.1 Å². The predicted octanol–water partition coefficient (Wildman–Crippen LogP) is 7.60. The van der Waals surface area contributed by atoms with Crippen molar-refractivity contribution in [3.05, 3.63) is 120 Å². The average Bonchev–Trinajstić information content (AvgIpc) is 2.93. The van der Waals surface area contributed by atoms with Crippen molar-refractivity contribution in [1.82, 2.24) is 0 Å². The molecular formula is C33H33O3S+. The second kappa shape index (κ2) is 11.3. The van der Waals surface area contributed by atoms with Crippen LogP contribution in [-0.4, -0.2) is 18.2 Å². The quantitative estimate of drug-likeness (QED) is 0.181. The lowest BCUT2D eigenvalue weighted by Crippen LogP contribution is -2.38. The highest BCUT2D eigenvalue weighted by atomic mass is 32.2. The second-order valence-corrected chi connectivity index (χ2v) is 11.9. The van der Waals surface area contributed by atoms with Gasteiger partial charge in [0.1, 0.15) is 11.4 Å². The van der Waals surface area contributed by atoms with Crippen molar-refractivity contribution in [1.29, 1.82) is 0 Å². The van der Waals surface area contributed by atoms with Crippen LogP contribution >= 0.6 is 0 Å². The molecule has 0 N–H and O–H groups in total. The highest BCUT2D eigenvalue weighted by molar-refractivity contribution is 7.97. The van der Waals surface area contributed by atoms with Gasteiger partial charge in [-0.2, -0.15) is 0 Å². The number of fused-ring (bicyclic) bond motifs is 1. The maximum Gasteiger partial charge on any atom is 0.344 e. The molecule has 1 aliphatic carbocycles. The summed E-state index contributed by atoms with van der Waals surface area (Å²) >= 11 is 0. The zero-order chi connectivity index (χ0) is 25.7. The first kappa shape index (κ1) is 25.2. The van der Waals surface area contributed by atoms with Crippen molar-refractivity contribution in [3.63, 3.8) is 0 Å². The minimum atomic E-state index is -0.597. The summed E-state index contributed by atoms with van der Waals surface area (Å²) in [6.07, 6.45) is 3.22. The van der Waals surface area contributed by atoms with Gasteiger partial charge < -0.3 is 9.47 Å². The molecule has 1 aliphatic rings. The van der Waals surface area contributed by atoms with Gasteiger partial charge in [0, 0.05) is 5.92 Å². The lowest BCUT2D eigenvalue weighted by Gasteiger charge is -2.37. The van der Waals surface area contributed by atoms with E-state index >= 15 is 0 Å². The fourth-order valence-electron chi connectivity index (χ4n) is 5.21. The molecule has 0 amide bonds. The lowest BCUT2D eigenvalue weighted by molar-refractivity contribution is -0.161. The number of aryl methyl sites for hydroxylation is 1. The first-order valence-corrected chi connectivity index (χ1v) is 14.1. The molecule has 0 fully saturated rings. The van der Waals surface area contributed by atoms with Crippen LogP contribution in [0, 0.1) is 0 Å². The van der Waals surface area contributed by atoms with Crippen LogP contribution in [0.25, 0.3) is 0 Å². The maximum atomic E-state index is 12.8. The van der Waals surface area contributed by atoms with E-state index in [9.17, 15) is 4.79 Å². The van der Waals surface area contributed by atoms with Gasteiger partial charge in [0.15, 0.2) is 21.3 Å². The molecule has 0 heterocycles. The van der Waals surface area contributed by atoms with E-state index in [1.54, 1.807) is 0 Å². The summed E-state index contributed by atoms with van der Waals surface area (Å²) in [5.41, 5.74) is 2.07. The fraction of sp³-hybridized carbons (Fsp3) is 0.242. The van der Waals surface area contributed by atoms with Crippen molar-refractivity contribution < 1.29 is 14.3 Å². The number of hydrogen-bond donors (Lipinski definition) is 0. The van der Waals surface area contributed by atoms with Gasteiger partial charge in [-0.15, -0.1) is 0 Å². The van der Waals surface area contributed by atoms with E-state index < -0.39 is 5.60 Å². The van der Waals surface area contributed by atoms with Gasteiger partial charge in [-0.05, 0) is 92.8 Å². The van der Waals surface area contributed by atoms with Gasteiger partial charge in [0.25, 0.3) is 0 Å². The lowest BCUT2D eigenvalue weighted by atomic mass is 9.74. The molecule has 0 saturated heterocycles. The minimum absolute atomic E-state index is 0.111. The predicted molar refractivity (Wildman–Crippen MR) is 149 cm³/mol. The number of carbonyl (C=O) groups excluding carboxylic acids is 1. The van der Waals surface area contributed by atoms with Crippen molar-refractivity contribution >= 4 is 16.9 Å². The van der Waals surface area contributed by atoms with Crippen molar-refractivity contribution in [2.75, 3.05) is 6.61 Å². The Hall–Kier alpha value is -3.50. The highest BCUT2D eigenvalue weighted by Gasteiger charge is 2.37. The summed E-state index contributed by atoms with van der Waals surface area (Å²) in [6.45, 7) is 3.92. The van der Waals surface area contributed by atoms with Crippen LogP contribution in [0.15, 0.2) is 124 Å². The minimum Gasteiger partial charge on any atom is -0.482 e. The maximum absolute atomic E-state index is 12.8. The largest absolute Gasteiger partial charge is 0.482 e. The topological polar surface area (TPSA) is 35.5 Å². The van der Waals surface area contributed by atoms with Crippen LogP contribution in [0.2, 0.25) is 0 Å². The summed E-state index contributed by atoms with van der Waals surface area (Å²) in [4.78, 5) is 16.5. The SMILES string of the molecule is CC(C)(OC(=O)COc1ccc([S+](c2ccccc2)c2ccccc2)cc1)C1CCCc2ccccc21. The first-order chi connectivity index (χ1) is 18.0. The Balaban J connectivity index is 1.24. The van der Waals surface area contributed by atoms with E-state index in [0.717, 1.165) is 19.3 Å². The summed E-state index contributed by atoms with van der Waals surface area (Å²) in [7, 11) is -0.217. The molecule has 4 aromatic carbocycles. The molecule has 0 radical (unpaired) electrons. The van der Waals surface area contributed by atoms with Crippen LogP contribution in [0.3, 0.4) is 0 Å². The molecule has 1 atom stereocenters. The Morgan fingerprint density at radius 2 is 1.35 bits per heavy atom. The molecular weight excluding hydrogens is 476 g/mol. The number of benzene rings is 4. The van der Waals surface area contributed by atoms with Crippen molar-refractivity contribution in [3.8, 4) is 5.75 Å². The molecule has 1 unspecified atom stereocenters. The molecule has 0 aromatic heterocycles. The fourth-order valence-corrected chi connectivity index (χ4v) is 7.29. The zero-order valence-corrected chi connectivity index (χ0v) is 22.2. The molecule has 3 nitrogen and oxygen atoms in total. The number of hydrogen-bond acceptors (Lipinski definition) is 3. The van der Waals surface area contributed by atoms with Crippen LogP contribution in [-0.2, 0) is 26.8 Å². The Bertz CT molecular complexity index is 1280. The Labute approximate surface area is 222 Å². The van der Waals surface area contributed by atoms with Gasteiger partial charge in [0.05, 0.1) is 10.9 Å². The van der Waals surface area contributed by atoms with Crippen LogP contribution in [0.1, 0.15) is 43.7 Å². The van der Waals surface area contributed by atoms with Gasteiger partial charge in [-0.25, -0.2) is 4.79 Å². The molecule has 0 bridgehead atoms. The average molecular weight is 510 g/mol. The molecule has 0 saturated carbocycles. The molecule has 37 heavy (non-hydrogen) atoms. The third kappa shape index (κ3) is 5.91. The van der Waals surface area contributed by atoms with E-state index in [0.29, 0.717) is 5.75 Å². The van der Waals surface area contributed by atoms with Crippen LogP contribution < -0.4 is 4.74 Å². The number of ether oxygens (including phenoxy) is 2. The Kier molecular flexibility index (Phi) is 7.66. The van der Waals surface area contributed by atoms with Gasteiger partial charge in [-0.3, -0.25) is 0 Å². The van der Waals surface area contributed by atoms with Crippen molar-refractivity contribution in [2.45, 2.75) is 59.3 Å². The molecule has 4 aromatic rings. The molecule has 188 valence electrons. The van der Waals surface area contributed by atoms with Crippen LogP contribution in [0.5, 0.6) is 5.75 Å². The Morgan fingerprint density at radius 1 is 0.784 bits per heavy atom. The second-order valence-electron chi connectivity index (χ2n) is 9.91. The van der Waals surface area contributed by atoms with Gasteiger partial charge >= 0.3 is 5.97 Å².